The fraction of sp³-hybridized carbons (Fsp3) is 0.611. The Balaban J connectivity index is 1.68. The van der Waals surface area contributed by atoms with Crippen molar-refractivity contribution < 1.29 is 13.2 Å². The summed E-state index contributed by atoms with van der Waals surface area (Å²) >= 11 is 6.12. The predicted octanol–water partition coefficient (Wildman–Crippen LogP) is 2.78. The number of carbonyl (C=O) groups is 1. The monoisotopic (exact) mass is 382 g/mol. The molecule has 136 valence electrons. The van der Waals surface area contributed by atoms with Crippen LogP contribution in [0, 0.1) is 19.8 Å². The van der Waals surface area contributed by atoms with E-state index in [4.69, 9.17) is 11.6 Å². The number of aryl methyl sites for hydroxylation is 2. The van der Waals surface area contributed by atoms with Crippen LogP contribution in [0.15, 0.2) is 17.0 Å². The van der Waals surface area contributed by atoms with E-state index in [0.29, 0.717) is 23.6 Å². The van der Waals surface area contributed by atoms with Crippen molar-refractivity contribution in [2.24, 2.45) is 5.92 Å². The zero-order valence-electron chi connectivity index (χ0n) is 14.5. The average Bonchev–Trinajstić information content (AvgIpc) is 3.11. The van der Waals surface area contributed by atoms with Crippen LogP contribution >= 0.6 is 11.6 Å². The minimum Gasteiger partial charge on any atom is -0.352 e. The van der Waals surface area contributed by atoms with Crippen LogP contribution in [0.1, 0.15) is 43.2 Å². The zero-order chi connectivity index (χ0) is 18.0. The van der Waals surface area contributed by atoms with Gasteiger partial charge in [0, 0.05) is 17.6 Å². The van der Waals surface area contributed by atoms with Gasteiger partial charge in [-0.25, -0.2) is 8.42 Å². The number of rotatable bonds is 4. The summed E-state index contributed by atoms with van der Waals surface area (Å²) in [5.41, 5.74) is 0.480. The number of hydrogen-bond acceptors (Lipinski definition) is 3. The standard InChI is InChI=1S/C18H23ClN2O3S/c1-11-9-16(12(2)8-15(11)19)25(23,24)21-7-6-13-10-18(13,21)17(22)20-14-4-3-5-14/h8-9,13-14H,3-7,10H2,1-2H3,(H,20,22). The number of fused-ring (bicyclic) bond motifs is 1. The summed E-state index contributed by atoms with van der Waals surface area (Å²) in [6.45, 7) is 3.95. The van der Waals surface area contributed by atoms with Crippen molar-refractivity contribution in [3.63, 3.8) is 0 Å². The molecule has 3 fully saturated rings. The topological polar surface area (TPSA) is 66.5 Å². The first kappa shape index (κ1) is 17.3. The molecule has 0 bridgehead atoms. The quantitative estimate of drug-likeness (QED) is 0.870. The Kier molecular flexibility index (Phi) is 3.94. The van der Waals surface area contributed by atoms with E-state index in [2.05, 4.69) is 5.32 Å². The highest BCUT2D eigenvalue weighted by molar-refractivity contribution is 7.89. The Labute approximate surface area is 153 Å². The summed E-state index contributed by atoms with van der Waals surface area (Å²) < 4.78 is 28.1. The number of sulfonamides is 1. The van der Waals surface area contributed by atoms with E-state index < -0.39 is 15.6 Å². The van der Waals surface area contributed by atoms with Crippen LogP contribution in [0.25, 0.3) is 0 Å². The number of hydrogen-bond donors (Lipinski definition) is 1. The summed E-state index contributed by atoms with van der Waals surface area (Å²) in [7, 11) is -3.73. The molecule has 2 aliphatic carbocycles. The van der Waals surface area contributed by atoms with E-state index in [1.54, 1.807) is 26.0 Å². The van der Waals surface area contributed by atoms with Crippen molar-refractivity contribution in [1.29, 1.82) is 0 Å². The number of halogens is 1. The van der Waals surface area contributed by atoms with Gasteiger partial charge in [0.25, 0.3) is 0 Å². The molecule has 1 aliphatic heterocycles. The zero-order valence-corrected chi connectivity index (χ0v) is 16.1. The highest BCUT2D eigenvalue weighted by atomic mass is 35.5. The van der Waals surface area contributed by atoms with Gasteiger partial charge in [-0.05, 0) is 75.1 Å². The molecule has 1 N–H and O–H groups in total. The number of amides is 1. The highest BCUT2D eigenvalue weighted by Crippen LogP contribution is 2.57. The third kappa shape index (κ3) is 2.53. The molecule has 1 amide bonds. The molecule has 1 saturated heterocycles. The van der Waals surface area contributed by atoms with Gasteiger partial charge >= 0.3 is 0 Å². The third-order valence-electron chi connectivity index (χ3n) is 6.06. The Bertz CT molecular complexity index is 850. The lowest BCUT2D eigenvalue weighted by molar-refractivity contribution is -0.127. The molecule has 7 heteroatoms. The van der Waals surface area contributed by atoms with E-state index in [1.807, 2.05) is 0 Å². The second kappa shape index (κ2) is 5.69. The van der Waals surface area contributed by atoms with Crippen LogP contribution in [0.4, 0.5) is 0 Å². The molecule has 0 spiro atoms. The maximum atomic E-state index is 13.3. The van der Waals surface area contributed by atoms with Crippen molar-refractivity contribution in [2.45, 2.75) is 62.4 Å². The molecular formula is C18H23ClN2O3S. The summed E-state index contributed by atoms with van der Waals surface area (Å²) in [6.07, 6.45) is 4.51. The van der Waals surface area contributed by atoms with Crippen LogP contribution in [0.2, 0.25) is 5.02 Å². The van der Waals surface area contributed by atoms with Gasteiger partial charge in [0.2, 0.25) is 15.9 Å². The first-order valence-corrected chi connectivity index (χ1v) is 10.7. The molecular weight excluding hydrogens is 360 g/mol. The molecule has 0 radical (unpaired) electrons. The Morgan fingerprint density at radius 3 is 2.56 bits per heavy atom. The molecule has 4 rings (SSSR count). The summed E-state index contributed by atoms with van der Waals surface area (Å²) in [5.74, 6) is 0.0441. The summed E-state index contributed by atoms with van der Waals surface area (Å²) in [5, 5.41) is 3.62. The van der Waals surface area contributed by atoms with Gasteiger partial charge in [-0.2, -0.15) is 4.31 Å². The van der Waals surface area contributed by atoms with Gasteiger partial charge in [-0.15, -0.1) is 0 Å². The van der Waals surface area contributed by atoms with Crippen molar-refractivity contribution in [3.8, 4) is 0 Å². The molecule has 1 aromatic rings. The molecule has 25 heavy (non-hydrogen) atoms. The number of nitrogens with one attached hydrogen (secondary N) is 1. The minimum absolute atomic E-state index is 0.105. The lowest BCUT2D eigenvalue weighted by atomic mass is 9.93. The van der Waals surface area contributed by atoms with Crippen molar-refractivity contribution in [2.75, 3.05) is 6.54 Å². The number of nitrogens with zero attached hydrogens (tertiary/aromatic N) is 1. The van der Waals surface area contributed by atoms with Gasteiger partial charge in [0.1, 0.15) is 5.54 Å². The third-order valence-corrected chi connectivity index (χ3v) is 8.55. The minimum atomic E-state index is -3.73. The molecule has 1 heterocycles. The Morgan fingerprint density at radius 2 is 1.96 bits per heavy atom. The van der Waals surface area contributed by atoms with E-state index in [0.717, 1.165) is 31.2 Å². The predicted molar refractivity (Wildman–Crippen MR) is 96.1 cm³/mol. The van der Waals surface area contributed by atoms with Crippen LogP contribution < -0.4 is 5.32 Å². The Hall–Kier alpha value is -1.11. The Morgan fingerprint density at radius 1 is 1.24 bits per heavy atom. The van der Waals surface area contributed by atoms with Crippen LogP contribution in [0.3, 0.4) is 0 Å². The van der Waals surface area contributed by atoms with Crippen molar-refractivity contribution >= 4 is 27.5 Å². The van der Waals surface area contributed by atoms with Crippen LogP contribution in [-0.2, 0) is 14.8 Å². The second-order valence-electron chi connectivity index (χ2n) is 7.66. The lowest BCUT2D eigenvalue weighted by Crippen LogP contribution is -2.53. The molecule has 5 nitrogen and oxygen atoms in total. The van der Waals surface area contributed by atoms with E-state index in [-0.39, 0.29) is 22.8 Å². The van der Waals surface area contributed by atoms with E-state index in [9.17, 15) is 13.2 Å². The van der Waals surface area contributed by atoms with E-state index in [1.165, 1.54) is 4.31 Å². The SMILES string of the molecule is Cc1cc(S(=O)(=O)N2CCC3CC32C(=O)NC2CCC2)c(C)cc1Cl. The maximum Gasteiger partial charge on any atom is 0.244 e. The number of benzene rings is 1. The highest BCUT2D eigenvalue weighted by Gasteiger charge is 2.70. The summed E-state index contributed by atoms with van der Waals surface area (Å²) in [6, 6.07) is 3.53. The van der Waals surface area contributed by atoms with Gasteiger partial charge in [-0.3, -0.25) is 4.79 Å². The molecule has 2 saturated carbocycles. The molecule has 2 atom stereocenters. The molecule has 3 aliphatic rings. The van der Waals surface area contributed by atoms with E-state index >= 15 is 0 Å². The first-order valence-electron chi connectivity index (χ1n) is 8.87. The average molecular weight is 383 g/mol. The number of carbonyl (C=O) groups excluding carboxylic acids is 1. The van der Waals surface area contributed by atoms with Gasteiger partial charge < -0.3 is 5.32 Å². The van der Waals surface area contributed by atoms with Gasteiger partial charge in [0.05, 0.1) is 4.90 Å². The van der Waals surface area contributed by atoms with Crippen molar-refractivity contribution in [1.82, 2.24) is 9.62 Å². The van der Waals surface area contributed by atoms with Crippen LogP contribution in [-0.4, -0.2) is 36.8 Å². The van der Waals surface area contributed by atoms with Crippen LogP contribution in [0.5, 0.6) is 0 Å². The van der Waals surface area contributed by atoms with Gasteiger partial charge in [0.15, 0.2) is 0 Å². The van der Waals surface area contributed by atoms with Crippen molar-refractivity contribution in [3.05, 3.63) is 28.3 Å². The first-order chi connectivity index (χ1) is 11.8. The second-order valence-corrected chi connectivity index (χ2v) is 9.90. The molecule has 2 unspecified atom stereocenters. The number of piperidine rings is 1. The molecule has 1 aromatic carbocycles. The smallest absolute Gasteiger partial charge is 0.244 e. The van der Waals surface area contributed by atoms with Gasteiger partial charge in [-0.1, -0.05) is 11.6 Å². The largest absolute Gasteiger partial charge is 0.352 e. The maximum absolute atomic E-state index is 13.3. The fourth-order valence-electron chi connectivity index (χ4n) is 4.18. The normalized spacial score (nSPS) is 29.2. The molecule has 0 aromatic heterocycles. The summed E-state index contributed by atoms with van der Waals surface area (Å²) in [4.78, 5) is 13.1. The fourth-order valence-corrected chi connectivity index (χ4v) is 6.50. The lowest BCUT2D eigenvalue weighted by Gasteiger charge is -2.32.